The molecule has 1 saturated carbocycles. The van der Waals surface area contributed by atoms with Gasteiger partial charge in [0.1, 0.15) is 11.4 Å². The highest BCUT2D eigenvalue weighted by Gasteiger charge is 2.50. The first-order chi connectivity index (χ1) is 11.2. The molecule has 1 aliphatic carbocycles. The van der Waals surface area contributed by atoms with E-state index in [0.717, 1.165) is 67.6 Å². The number of amidine groups is 1. The van der Waals surface area contributed by atoms with E-state index in [9.17, 15) is 4.79 Å². The Hall–Kier alpha value is -1.20. The van der Waals surface area contributed by atoms with E-state index in [1.54, 1.807) is 0 Å². The Morgan fingerprint density at radius 1 is 1.26 bits per heavy atom. The molecule has 3 aliphatic rings. The molecule has 0 bridgehead atoms. The van der Waals surface area contributed by atoms with Crippen LogP contribution in [-0.4, -0.2) is 41.8 Å². The van der Waals surface area contributed by atoms with E-state index in [4.69, 9.17) is 4.99 Å². The van der Waals surface area contributed by atoms with Crippen molar-refractivity contribution in [2.45, 2.75) is 37.6 Å². The van der Waals surface area contributed by atoms with Crippen molar-refractivity contribution in [2.24, 2.45) is 10.9 Å². The maximum atomic E-state index is 13.1. The van der Waals surface area contributed by atoms with Gasteiger partial charge in [-0.1, -0.05) is 40.9 Å². The zero-order valence-electron chi connectivity index (χ0n) is 13.2. The first-order valence-electron chi connectivity index (χ1n) is 8.56. The lowest BCUT2D eigenvalue weighted by Crippen LogP contribution is -2.43. The summed E-state index contributed by atoms with van der Waals surface area (Å²) >= 11 is 3.48. The Kier molecular flexibility index (Phi) is 4.01. The molecule has 1 aromatic carbocycles. The number of rotatable bonds is 3. The Bertz CT molecular complexity index is 628. The zero-order chi connectivity index (χ0) is 15.9. The summed E-state index contributed by atoms with van der Waals surface area (Å²) < 4.78 is 1.05. The van der Waals surface area contributed by atoms with E-state index in [-0.39, 0.29) is 5.91 Å². The Balaban J connectivity index is 1.68. The number of hydrogen-bond donors (Lipinski definition) is 1. The molecule has 1 amide bonds. The minimum absolute atomic E-state index is 0.236. The number of aliphatic imine (C=N–C) groups is 1. The number of amides is 1. The third-order valence-corrected chi connectivity index (χ3v) is 5.88. The third-order valence-electron chi connectivity index (χ3n) is 5.36. The van der Waals surface area contributed by atoms with Crippen LogP contribution < -0.4 is 5.32 Å². The fourth-order valence-corrected chi connectivity index (χ4v) is 4.33. The van der Waals surface area contributed by atoms with Gasteiger partial charge in [0.25, 0.3) is 5.91 Å². The molecular weight excluding hydrogens is 354 g/mol. The molecule has 4 rings (SSSR count). The van der Waals surface area contributed by atoms with Gasteiger partial charge in [0.15, 0.2) is 0 Å². The number of hydrogen-bond acceptors (Lipinski definition) is 3. The molecule has 0 radical (unpaired) electrons. The van der Waals surface area contributed by atoms with Gasteiger partial charge in [-0.2, -0.15) is 0 Å². The van der Waals surface area contributed by atoms with Gasteiger partial charge in [0.05, 0.1) is 0 Å². The summed E-state index contributed by atoms with van der Waals surface area (Å²) in [6.07, 6.45) is 5.18. The van der Waals surface area contributed by atoms with Crippen LogP contribution in [0.2, 0.25) is 0 Å². The maximum Gasteiger partial charge on any atom is 0.256 e. The van der Waals surface area contributed by atoms with Crippen LogP contribution in [-0.2, 0) is 4.79 Å². The summed E-state index contributed by atoms with van der Waals surface area (Å²) in [6, 6.07) is 8.17. The molecule has 1 aromatic rings. The Morgan fingerprint density at radius 3 is 2.65 bits per heavy atom. The molecule has 4 nitrogen and oxygen atoms in total. The van der Waals surface area contributed by atoms with Crippen LogP contribution in [0.1, 0.15) is 37.7 Å². The third kappa shape index (κ3) is 2.74. The van der Waals surface area contributed by atoms with E-state index in [1.165, 1.54) is 0 Å². The van der Waals surface area contributed by atoms with Crippen LogP contribution in [0.5, 0.6) is 0 Å². The molecule has 23 heavy (non-hydrogen) atoms. The van der Waals surface area contributed by atoms with Gasteiger partial charge in [-0.15, -0.1) is 0 Å². The summed E-state index contributed by atoms with van der Waals surface area (Å²) in [6.45, 7) is 2.86. The van der Waals surface area contributed by atoms with Crippen LogP contribution in [0.15, 0.2) is 33.7 Å². The smallest absolute Gasteiger partial charge is 0.256 e. The van der Waals surface area contributed by atoms with E-state index in [1.807, 2.05) is 17.0 Å². The molecule has 1 atom stereocenters. The molecule has 1 saturated heterocycles. The second kappa shape index (κ2) is 6.02. The summed E-state index contributed by atoms with van der Waals surface area (Å²) in [5.74, 6) is 1.66. The second-order valence-corrected chi connectivity index (χ2v) is 7.87. The van der Waals surface area contributed by atoms with Gasteiger partial charge in [0, 0.05) is 16.6 Å². The quantitative estimate of drug-likeness (QED) is 0.882. The number of nitrogens with zero attached hydrogens (tertiary/aromatic N) is 2. The Morgan fingerprint density at radius 2 is 2.00 bits per heavy atom. The average Bonchev–Trinajstić information content (AvgIpc) is 3.28. The summed E-state index contributed by atoms with van der Waals surface area (Å²) in [7, 11) is 0. The van der Waals surface area contributed by atoms with E-state index in [0.29, 0.717) is 5.92 Å². The molecule has 5 heteroatoms. The van der Waals surface area contributed by atoms with Crippen LogP contribution in [0.3, 0.4) is 0 Å². The van der Waals surface area contributed by atoms with Crippen LogP contribution in [0.25, 0.3) is 0 Å². The SMILES string of the molecule is O=C1N(C[C@@H]2CCNC2)C(c2ccc(Br)cc2)=NC12CCCC2. The number of halogens is 1. The number of carbonyl (C=O) groups is 1. The highest BCUT2D eigenvalue weighted by atomic mass is 79.9. The largest absolute Gasteiger partial charge is 0.316 e. The first kappa shape index (κ1) is 15.3. The molecule has 0 unspecified atom stereocenters. The van der Waals surface area contributed by atoms with Crippen molar-refractivity contribution in [1.82, 2.24) is 10.2 Å². The predicted octanol–water partition coefficient (Wildman–Crippen LogP) is 2.96. The topological polar surface area (TPSA) is 44.7 Å². The van der Waals surface area contributed by atoms with Gasteiger partial charge < -0.3 is 5.32 Å². The molecule has 1 N–H and O–H groups in total. The number of carbonyl (C=O) groups excluding carboxylic acids is 1. The standard InChI is InChI=1S/C18H22BrN3O/c19-15-5-3-14(4-6-15)16-21-18(8-1-2-9-18)17(23)22(16)12-13-7-10-20-11-13/h3-6,13,20H,1-2,7-12H2/t13-/m1/s1. The van der Waals surface area contributed by atoms with Gasteiger partial charge in [0.2, 0.25) is 0 Å². The van der Waals surface area contributed by atoms with Crippen molar-refractivity contribution in [3.8, 4) is 0 Å². The molecule has 122 valence electrons. The predicted molar refractivity (Wildman–Crippen MR) is 94.6 cm³/mol. The maximum absolute atomic E-state index is 13.1. The van der Waals surface area contributed by atoms with Crippen molar-refractivity contribution in [3.63, 3.8) is 0 Å². The average molecular weight is 376 g/mol. The van der Waals surface area contributed by atoms with Crippen molar-refractivity contribution < 1.29 is 4.79 Å². The van der Waals surface area contributed by atoms with E-state index < -0.39 is 5.54 Å². The van der Waals surface area contributed by atoms with Crippen molar-refractivity contribution in [2.75, 3.05) is 19.6 Å². The fraction of sp³-hybridized carbons (Fsp3) is 0.556. The van der Waals surface area contributed by atoms with Gasteiger partial charge in [-0.25, -0.2) is 0 Å². The molecular formula is C18H22BrN3O. The normalized spacial score (nSPS) is 26.3. The Labute approximate surface area is 145 Å². The van der Waals surface area contributed by atoms with Gasteiger partial charge in [-0.3, -0.25) is 14.7 Å². The number of benzene rings is 1. The van der Waals surface area contributed by atoms with E-state index >= 15 is 0 Å². The van der Waals surface area contributed by atoms with Crippen molar-refractivity contribution >= 4 is 27.7 Å². The lowest BCUT2D eigenvalue weighted by Gasteiger charge is -2.25. The fourth-order valence-electron chi connectivity index (χ4n) is 4.06. The van der Waals surface area contributed by atoms with Crippen LogP contribution in [0, 0.1) is 5.92 Å². The molecule has 2 fully saturated rings. The van der Waals surface area contributed by atoms with E-state index in [2.05, 4.69) is 33.4 Å². The van der Waals surface area contributed by atoms with Crippen LogP contribution >= 0.6 is 15.9 Å². The van der Waals surface area contributed by atoms with Crippen LogP contribution in [0.4, 0.5) is 0 Å². The first-order valence-corrected chi connectivity index (χ1v) is 9.36. The van der Waals surface area contributed by atoms with Crippen molar-refractivity contribution in [3.05, 3.63) is 34.3 Å². The van der Waals surface area contributed by atoms with Gasteiger partial charge in [-0.05, 0) is 50.4 Å². The lowest BCUT2D eigenvalue weighted by atomic mass is 9.97. The number of nitrogens with one attached hydrogen (secondary N) is 1. The van der Waals surface area contributed by atoms with Crippen molar-refractivity contribution in [1.29, 1.82) is 0 Å². The second-order valence-electron chi connectivity index (χ2n) is 6.96. The highest BCUT2D eigenvalue weighted by molar-refractivity contribution is 9.10. The summed E-state index contributed by atoms with van der Waals surface area (Å²) in [5, 5.41) is 3.40. The molecule has 2 heterocycles. The minimum atomic E-state index is -0.464. The lowest BCUT2D eigenvalue weighted by molar-refractivity contribution is -0.131. The van der Waals surface area contributed by atoms with Gasteiger partial charge >= 0.3 is 0 Å². The minimum Gasteiger partial charge on any atom is -0.316 e. The molecule has 1 spiro atoms. The summed E-state index contributed by atoms with van der Waals surface area (Å²) in [4.78, 5) is 20.1. The highest BCUT2D eigenvalue weighted by Crippen LogP contribution is 2.40. The molecule has 2 aliphatic heterocycles. The monoisotopic (exact) mass is 375 g/mol. The zero-order valence-corrected chi connectivity index (χ0v) is 14.8. The molecule has 0 aromatic heterocycles. The summed E-state index contributed by atoms with van der Waals surface area (Å²) in [5.41, 5.74) is 0.588.